The largest absolute Gasteiger partial charge is 0.390 e. The number of aromatic amines is 5. The lowest BCUT2D eigenvalue weighted by atomic mass is 10.2. The van der Waals surface area contributed by atoms with E-state index in [4.69, 9.17) is 95.3 Å². The molecule has 0 radical (unpaired) electrons. The molecule has 5 fully saturated rings. The molecule has 0 aromatic carbocycles. The molecular weight excluding hydrogens is 1440 g/mol. The molecule has 38 nitrogen and oxygen atoms in total. The number of aliphatic hydroxyl groups is 1. The summed E-state index contributed by atoms with van der Waals surface area (Å²) in [6.07, 6.45) is -13.5. The van der Waals surface area contributed by atoms with E-state index in [1.165, 1.54) is 65.6 Å². The van der Waals surface area contributed by atoms with E-state index in [2.05, 4.69) is 37.2 Å². The van der Waals surface area contributed by atoms with Crippen LogP contribution in [0.1, 0.15) is 98.0 Å². The third kappa shape index (κ3) is 17.5. The van der Waals surface area contributed by atoms with Gasteiger partial charge in [-0.15, -0.1) is 0 Å². The Morgan fingerprint density at radius 1 is 0.427 bits per heavy atom. The van der Waals surface area contributed by atoms with Gasteiger partial charge in [0.25, 0.3) is 27.8 Å². The molecule has 5 aliphatic heterocycles. The maximum atomic E-state index is 14.5. The lowest BCUT2D eigenvalue weighted by Crippen LogP contribution is -2.33. The summed E-state index contributed by atoms with van der Waals surface area (Å²) < 4.78 is 96.7. The number of aryl methyl sites for hydroxylation is 5. The Hall–Kier alpha value is -4.75. The summed E-state index contributed by atoms with van der Waals surface area (Å²) in [4.78, 5) is 171. The zero-order chi connectivity index (χ0) is 69.8. The van der Waals surface area contributed by atoms with E-state index in [1.54, 1.807) is 6.92 Å². The molecule has 0 saturated carbocycles. The van der Waals surface area contributed by atoms with Crippen LogP contribution in [0.25, 0.3) is 0 Å². The van der Waals surface area contributed by atoms with Gasteiger partial charge in [-0.1, -0.05) is 12.2 Å². The lowest BCUT2D eigenvalue weighted by molar-refractivity contribution is -0.0562. The zero-order valence-electron chi connectivity index (χ0n) is 51.2. The first-order chi connectivity index (χ1) is 44.9. The van der Waals surface area contributed by atoms with E-state index >= 15 is 0 Å². The van der Waals surface area contributed by atoms with Crippen molar-refractivity contribution in [3.05, 3.63) is 163 Å². The number of nitrogens with one attached hydrogen (secondary N) is 5. The van der Waals surface area contributed by atoms with Crippen LogP contribution in [0, 0.1) is 34.6 Å². The SMILES string of the molecule is Cc1cn([C@H]2CC(OP(O)(=S)OC[C@H]3O[C@@H](n4cc(C)c(=O)[nH]c4=O)CC3OP(=O)(S)OC[C@H]3O[C@@H](n4cc(C)c(=O)[nH]c4=O)CC3OP(O)(=S)OC[C@H]3O[C@@H](n4cc(C)c(=O)[nH]c4=O)CC3OP(O)(=S)OC[C@H]3O[C@@H](n4cc(C)c(=O)[nH]c4=O)CC3O)[C@@H](C)O2)c(=O)[nH]c1=O. The molecule has 528 valence electrons. The molecule has 5 saturated heterocycles. The third-order valence-corrected chi connectivity index (χ3v) is 22.4. The standard InChI is InChI=1S/C50H66N10O28P4S4/c1-21-12-56(46(67)51-41(21)62)36-7-27(61)32(81-36)17-76-90(73,94)86-29-9-38(58-14-23(3)43(64)53-48(58)69)83-34(29)19-78-92(75,96)88-31-11-40(60-16-25(5)45(66)55-50(60)71)84-35(31)20-79-91(74,95)87-30-10-39(59-15-24(4)44(65)54-49(59)70)82-33(30)18-77-89(72,93)85-28-8-37(80-26(28)6)57-13-22(2)42(63)52-47(57)68/h12-16,26-40,61H,7-11,17-20H2,1-6H3,(H,72,93)(H,73,94)(H,74,95)(H,75,96)(H,51,62,67)(H,52,63,68)(H,53,64,69)(H,54,65,70)(H,55,66,71)/t26-,27?,28?,29?,30?,31?,32-,33-,34-,35-,36-,37-,38-,39-,40-,89?,90?,91?,92?/m1/s1. The van der Waals surface area contributed by atoms with Gasteiger partial charge in [-0.05, 0) is 77.0 Å². The number of H-pyrrole nitrogens is 5. The molecule has 96 heavy (non-hydrogen) atoms. The number of thiol groups is 1. The second-order valence-corrected chi connectivity index (χ2v) is 34.3. The molecule has 10 heterocycles. The van der Waals surface area contributed by atoms with Crippen LogP contribution in [0.3, 0.4) is 0 Å². The lowest BCUT2D eigenvalue weighted by Gasteiger charge is -2.28. The number of hydrogen-bond acceptors (Lipinski definition) is 28. The summed E-state index contributed by atoms with van der Waals surface area (Å²) in [5.41, 5.74) is -6.99. The van der Waals surface area contributed by atoms with Gasteiger partial charge < -0.3 is 70.6 Å². The normalized spacial score (nSPS) is 30.1. The monoisotopic (exact) mass is 1510 g/mol. The molecule has 0 amide bonds. The Labute approximate surface area is 559 Å². The van der Waals surface area contributed by atoms with Gasteiger partial charge in [0.2, 0.25) is 0 Å². The molecule has 9 unspecified atom stereocenters. The fourth-order valence-electron chi connectivity index (χ4n) is 11.0. The van der Waals surface area contributed by atoms with E-state index < -0.39 is 202 Å². The van der Waals surface area contributed by atoms with Gasteiger partial charge in [0.15, 0.2) is 0 Å². The Bertz CT molecular complexity index is 4630. The van der Waals surface area contributed by atoms with Crippen LogP contribution < -0.4 is 56.2 Å². The molecule has 19 atom stereocenters. The number of aromatic nitrogens is 10. The summed E-state index contributed by atoms with van der Waals surface area (Å²) in [6.45, 7) is -12.1. The number of rotatable bonds is 25. The van der Waals surface area contributed by atoms with Crippen LogP contribution in [0.2, 0.25) is 0 Å². The van der Waals surface area contributed by atoms with Crippen molar-refractivity contribution in [2.45, 2.75) is 166 Å². The van der Waals surface area contributed by atoms with E-state index in [0.29, 0.717) is 0 Å². The first kappa shape index (κ1) is 74.0. The second kappa shape index (κ2) is 29.4. The topological polar surface area (TPSA) is 492 Å². The van der Waals surface area contributed by atoms with Crippen LogP contribution in [-0.4, -0.2) is 155 Å². The highest BCUT2D eigenvalue weighted by molar-refractivity contribution is 8.44. The molecule has 5 aromatic heterocycles. The third-order valence-electron chi connectivity index (χ3n) is 16.0. The molecular formula is C50H66N10O28P4S4. The molecule has 0 aliphatic carbocycles. The summed E-state index contributed by atoms with van der Waals surface area (Å²) in [5.74, 6) is 0. The highest BCUT2D eigenvalue weighted by Crippen LogP contribution is 2.58. The average molecular weight is 1510 g/mol. The number of ether oxygens (including phenoxy) is 5. The molecule has 10 rings (SSSR count). The van der Waals surface area contributed by atoms with Crippen LogP contribution in [-0.2, 0) is 99.9 Å². The second-order valence-electron chi connectivity index (χ2n) is 23.1. The molecule has 0 spiro atoms. The summed E-state index contributed by atoms with van der Waals surface area (Å²) in [7, 11) is 0. The van der Waals surface area contributed by atoms with Crippen LogP contribution in [0.5, 0.6) is 0 Å². The first-order valence-corrected chi connectivity index (χ1v) is 39.6. The molecule has 0 bridgehead atoms. The van der Waals surface area contributed by atoms with Gasteiger partial charge in [0, 0.05) is 90.9 Å². The maximum absolute atomic E-state index is 14.5. The highest BCUT2D eigenvalue weighted by Gasteiger charge is 2.48. The predicted molar refractivity (Wildman–Crippen MR) is 344 cm³/mol. The molecule has 5 aromatic rings. The summed E-state index contributed by atoms with van der Waals surface area (Å²) in [5, 5.41) is 10.9. The molecule has 46 heteroatoms. The average Bonchev–Trinajstić information content (AvgIpc) is 1.63. The van der Waals surface area contributed by atoms with E-state index in [0.717, 1.165) is 22.8 Å². The van der Waals surface area contributed by atoms with Crippen molar-refractivity contribution in [3.63, 3.8) is 0 Å². The number of nitrogens with zero attached hydrogens (tertiary/aromatic N) is 5. The minimum absolute atomic E-state index is 0.0315. The van der Waals surface area contributed by atoms with Crippen molar-refractivity contribution in [2.75, 3.05) is 26.4 Å². The Morgan fingerprint density at radius 2 is 0.677 bits per heavy atom. The fourth-order valence-corrected chi connectivity index (χ4v) is 17.0. The smallest absolute Gasteiger partial charge is 0.386 e. The van der Waals surface area contributed by atoms with Crippen LogP contribution in [0.15, 0.2) is 78.9 Å². The van der Waals surface area contributed by atoms with Crippen molar-refractivity contribution in [3.8, 4) is 0 Å². The fraction of sp³-hybridized carbons (Fsp3) is 0.600. The zero-order valence-corrected chi connectivity index (χ0v) is 58.1. The minimum atomic E-state index is -4.72. The van der Waals surface area contributed by atoms with E-state index in [9.17, 15) is 72.3 Å². The van der Waals surface area contributed by atoms with Gasteiger partial charge in [0.1, 0.15) is 61.7 Å². The Balaban J connectivity index is 0.833. The predicted octanol–water partition coefficient (Wildman–Crippen LogP) is -0.607. The number of hydrogen-bond donors (Lipinski definition) is 10. The van der Waals surface area contributed by atoms with Crippen molar-refractivity contribution >= 4 is 74.6 Å². The Kier molecular flexibility index (Phi) is 22.7. The van der Waals surface area contributed by atoms with Crippen LogP contribution >= 0.6 is 39.2 Å². The van der Waals surface area contributed by atoms with Crippen LogP contribution in [0.4, 0.5) is 0 Å². The quantitative estimate of drug-likeness (QED) is 0.0257. The van der Waals surface area contributed by atoms with Gasteiger partial charge in [-0.3, -0.25) is 80.8 Å². The minimum Gasteiger partial charge on any atom is -0.390 e. The number of aliphatic hydroxyl groups excluding tert-OH is 1. The van der Waals surface area contributed by atoms with Crippen molar-refractivity contribution < 1.29 is 84.2 Å². The first-order valence-electron chi connectivity index (χ1n) is 29.1. The summed E-state index contributed by atoms with van der Waals surface area (Å²) >= 11 is 20.5. The molecule has 9 N–H and O–H groups in total. The van der Waals surface area contributed by atoms with E-state index in [1.807, 2.05) is 0 Å². The van der Waals surface area contributed by atoms with Gasteiger partial charge in [-0.2, -0.15) is 0 Å². The Morgan fingerprint density at radius 3 is 1.01 bits per heavy atom. The van der Waals surface area contributed by atoms with Crippen molar-refractivity contribution in [1.82, 2.24) is 47.8 Å². The van der Waals surface area contributed by atoms with Crippen molar-refractivity contribution in [1.29, 1.82) is 0 Å². The highest BCUT2D eigenvalue weighted by atomic mass is 32.7. The summed E-state index contributed by atoms with van der Waals surface area (Å²) in [6, 6.07) is 0. The van der Waals surface area contributed by atoms with Gasteiger partial charge in [0.05, 0.1) is 56.9 Å². The molecule has 5 aliphatic rings. The maximum Gasteiger partial charge on any atom is 0.386 e. The van der Waals surface area contributed by atoms with Gasteiger partial charge >= 0.3 is 55.4 Å². The van der Waals surface area contributed by atoms with Crippen molar-refractivity contribution in [2.24, 2.45) is 0 Å². The van der Waals surface area contributed by atoms with E-state index in [-0.39, 0.29) is 59.9 Å². The van der Waals surface area contributed by atoms with Gasteiger partial charge in [-0.25, -0.2) is 28.5 Å².